The second-order valence-electron chi connectivity index (χ2n) is 9.76. The molecule has 0 aromatic carbocycles. The van der Waals surface area contributed by atoms with Gasteiger partial charge in [-0.05, 0) is 70.0 Å². The van der Waals surface area contributed by atoms with E-state index in [1.807, 2.05) is 40.7 Å². The van der Waals surface area contributed by atoms with Crippen LogP contribution in [0.4, 0.5) is 0 Å². The first-order valence-electron chi connectivity index (χ1n) is 12.1. The number of hydrogen-bond donors (Lipinski definition) is 1. The molecule has 172 valence electrons. The lowest BCUT2D eigenvalue weighted by Crippen LogP contribution is -2.65. The molecule has 7 nitrogen and oxygen atoms in total. The largest absolute Gasteiger partial charge is 0.463 e. The molecule has 5 rings (SSSR count). The number of carbonyl (C=O) groups excluding carboxylic acids is 2. The standard InChI is InChI=1S/C25H34N4O3/c1-25(24(31)26-19-8-3-2-4-9-19)18-28-20(22-10-7-17-32-22)11-12-21(28)23(30)29(25)16-15-27-13-5-6-14-27/h7,10-12,17,19H,2-6,8-9,13-16,18H2,1H3,(H,26,31). The van der Waals surface area contributed by atoms with Gasteiger partial charge in [-0.1, -0.05) is 19.3 Å². The highest BCUT2D eigenvalue weighted by molar-refractivity contribution is 6.00. The van der Waals surface area contributed by atoms with Gasteiger partial charge in [0.2, 0.25) is 5.91 Å². The fourth-order valence-electron chi connectivity index (χ4n) is 5.60. The maximum absolute atomic E-state index is 13.7. The lowest BCUT2D eigenvalue weighted by molar-refractivity contribution is -0.134. The van der Waals surface area contributed by atoms with Crippen molar-refractivity contribution in [1.82, 2.24) is 19.7 Å². The highest BCUT2D eigenvalue weighted by atomic mass is 16.3. The molecule has 32 heavy (non-hydrogen) atoms. The molecule has 4 heterocycles. The Morgan fingerprint density at radius 3 is 2.53 bits per heavy atom. The summed E-state index contributed by atoms with van der Waals surface area (Å²) in [6.07, 6.45) is 9.66. The molecule has 0 radical (unpaired) electrons. The molecule has 1 saturated heterocycles. The van der Waals surface area contributed by atoms with E-state index in [4.69, 9.17) is 4.42 Å². The minimum atomic E-state index is -0.943. The summed E-state index contributed by atoms with van der Waals surface area (Å²) in [6.45, 7) is 5.88. The summed E-state index contributed by atoms with van der Waals surface area (Å²) in [7, 11) is 0. The Hall–Kier alpha value is -2.54. The number of nitrogens with zero attached hydrogens (tertiary/aromatic N) is 3. The summed E-state index contributed by atoms with van der Waals surface area (Å²) in [5.41, 5.74) is 0.525. The maximum atomic E-state index is 13.7. The summed E-state index contributed by atoms with van der Waals surface area (Å²) >= 11 is 0. The molecule has 2 amide bonds. The maximum Gasteiger partial charge on any atom is 0.271 e. The fourth-order valence-corrected chi connectivity index (χ4v) is 5.60. The first-order chi connectivity index (χ1) is 15.6. The predicted octanol–water partition coefficient (Wildman–Crippen LogP) is 3.51. The zero-order valence-corrected chi connectivity index (χ0v) is 19.0. The smallest absolute Gasteiger partial charge is 0.271 e. The van der Waals surface area contributed by atoms with Crippen LogP contribution >= 0.6 is 0 Å². The molecule has 0 spiro atoms. The monoisotopic (exact) mass is 438 g/mol. The third-order valence-corrected chi connectivity index (χ3v) is 7.55. The van der Waals surface area contributed by atoms with Gasteiger partial charge in [0.25, 0.3) is 5.91 Å². The van der Waals surface area contributed by atoms with Gasteiger partial charge in [-0.15, -0.1) is 0 Å². The zero-order valence-electron chi connectivity index (χ0n) is 19.0. The molecule has 1 unspecified atom stereocenters. The number of amides is 2. The minimum Gasteiger partial charge on any atom is -0.463 e. The summed E-state index contributed by atoms with van der Waals surface area (Å²) in [5.74, 6) is 0.600. The van der Waals surface area contributed by atoms with Crippen molar-refractivity contribution in [2.45, 2.75) is 70.0 Å². The Morgan fingerprint density at radius 1 is 1.06 bits per heavy atom. The van der Waals surface area contributed by atoms with Crippen molar-refractivity contribution in [1.29, 1.82) is 0 Å². The number of rotatable bonds is 6. The fraction of sp³-hybridized carbons (Fsp3) is 0.600. The Bertz CT molecular complexity index is 954. The van der Waals surface area contributed by atoms with Crippen molar-refractivity contribution in [2.24, 2.45) is 0 Å². The van der Waals surface area contributed by atoms with Gasteiger partial charge in [0, 0.05) is 19.1 Å². The van der Waals surface area contributed by atoms with Gasteiger partial charge < -0.3 is 24.1 Å². The molecular weight excluding hydrogens is 404 g/mol. The predicted molar refractivity (Wildman–Crippen MR) is 122 cm³/mol. The van der Waals surface area contributed by atoms with Crippen LogP contribution in [0.15, 0.2) is 34.9 Å². The van der Waals surface area contributed by atoms with Crippen molar-refractivity contribution in [3.05, 3.63) is 36.2 Å². The Labute approximate surface area is 189 Å². The molecule has 2 fully saturated rings. The van der Waals surface area contributed by atoms with E-state index in [-0.39, 0.29) is 17.9 Å². The van der Waals surface area contributed by atoms with Crippen LogP contribution in [0.25, 0.3) is 11.5 Å². The van der Waals surface area contributed by atoms with Crippen LogP contribution in [0.3, 0.4) is 0 Å². The summed E-state index contributed by atoms with van der Waals surface area (Å²) in [6, 6.07) is 7.74. The van der Waals surface area contributed by atoms with Gasteiger partial charge in [-0.25, -0.2) is 0 Å². The molecule has 1 saturated carbocycles. The molecule has 2 aliphatic heterocycles. The summed E-state index contributed by atoms with van der Waals surface area (Å²) in [4.78, 5) is 31.6. The van der Waals surface area contributed by atoms with Crippen LogP contribution in [0.1, 0.15) is 62.4 Å². The van der Waals surface area contributed by atoms with Crippen LogP contribution in [-0.2, 0) is 11.3 Å². The van der Waals surface area contributed by atoms with E-state index in [2.05, 4.69) is 10.2 Å². The molecule has 2 aromatic heterocycles. The van der Waals surface area contributed by atoms with Crippen LogP contribution in [0.5, 0.6) is 0 Å². The SMILES string of the molecule is CC1(C(=O)NC2CCCCC2)Cn2c(ccc2-c2ccco2)C(=O)N1CCN1CCCC1. The molecule has 3 aliphatic rings. The molecule has 1 aliphatic carbocycles. The molecule has 7 heteroatoms. The Morgan fingerprint density at radius 2 is 1.81 bits per heavy atom. The number of nitrogens with one attached hydrogen (secondary N) is 1. The van der Waals surface area contributed by atoms with Crippen LogP contribution < -0.4 is 5.32 Å². The summed E-state index contributed by atoms with van der Waals surface area (Å²) in [5, 5.41) is 3.30. The average molecular weight is 439 g/mol. The normalized spacial score (nSPS) is 24.7. The van der Waals surface area contributed by atoms with E-state index >= 15 is 0 Å². The third kappa shape index (κ3) is 3.87. The van der Waals surface area contributed by atoms with Gasteiger partial charge in [0.05, 0.1) is 18.5 Å². The van der Waals surface area contributed by atoms with E-state index < -0.39 is 5.54 Å². The average Bonchev–Trinajstić information content (AvgIpc) is 3.56. The number of hydrogen-bond acceptors (Lipinski definition) is 4. The van der Waals surface area contributed by atoms with Crippen LogP contribution in [-0.4, -0.2) is 63.9 Å². The van der Waals surface area contributed by atoms with Crippen molar-refractivity contribution < 1.29 is 14.0 Å². The molecule has 0 bridgehead atoms. The molecule has 1 N–H and O–H groups in total. The van der Waals surface area contributed by atoms with Crippen molar-refractivity contribution in [3.8, 4) is 11.5 Å². The topological polar surface area (TPSA) is 70.7 Å². The van der Waals surface area contributed by atoms with Gasteiger partial charge in [-0.3, -0.25) is 9.59 Å². The van der Waals surface area contributed by atoms with Gasteiger partial charge >= 0.3 is 0 Å². The molecular formula is C25H34N4O3. The first-order valence-corrected chi connectivity index (χ1v) is 12.1. The van der Waals surface area contributed by atoms with E-state index in [1.54, 1.807) is 6.26 Å². The van der Waals surface area contributed by atoms with Crippen molar-refractivity contribution in [2.75, 3.05) is 26.2 Å². The Balaban J connectivity index is 1.45. The molecule has 2 aromatic rings. The van der Waals surface area contributed by atoms with E-state index in [0.29, 0.717) is 24.5 Å². The van der Waals surface area contributed by atoms with E-state index in [0.717, 1.165) is 51.0 Å². The zero-order chi connectivity index (χ0) is 22.1. The van der Waals surface area contributed by atoms with E-state index in [9.17, 15) is 9.59 Å². The van der Waals surface area contributed by atoms with E-state index in [1.165, 1.54) is 19.3 Å². The quantitative estimate of drug-likeness (QED) is 0.749. The van der Waals surface area contributed by atoms with Crippen LogP contribution in [0.2, 0.25) is 0 Å². The second-order valence-corrected chi connectivity index (χ2v) is 9.76. The van der Waals surface area contributed by atoms with Crippen molar-refractivity contribution >= 4 is 11.8 Å². The second kappa shape index (κ2) is 8.77. The number of aromatic nitrogens is 1. The highest BCUT2D eigenvalue weighted by Gasteiger charge is 2.48. The number of furan rings is 1. The van der Waals surface area contributed by atoms with Crippen molar-refractivity contribution in [3.63, 3.8) is 0 Å². The Kier molecular flexibility index (Phi) is 5.84. The highest BCUT2D eigenvalue weighted by Crippen LogP contribution is 2.33. The lowest BCUT2D eigenvalue weighted by atomic mass is 9.91. The summed E-state index contributed by atoms with van der Waals surface area (Å²) < 4.78 is 7.58. The first kappa shape index (κ1) is 21.3. The number of likely N-dealkylation sites (tertiary alicyclic amines) is 1. The molecule has 1 atom stereocenters. The lowest BCUT2D eigenvalue weighted by Gasteiger charge is -2.45. The number of carbonyl (C=O) groups is 2. The number of fused-ring (bicyclic) bond motifs is 1. The van der Waals surface area contributed by atoms with Gasteiger partial charge in [0.1, 0.15) is 17.0 Å². The van der Waals surface area contributed by atoms with Gasteiger partial charge in [-0.2, -0.15) is 0 Å². The third-order valence-electron chi connectivity index (χ3n) is 7.55. The van der Waals surface area contributed by atoms with Gasteiger partial charge in [0.15, 0.2) is 0 Å². The minimum absolute atomic E-state index is 0.0380. The van der Waals surface area contributed by atoms with Crippen LogP contribution in [0, 0.1) is 0 Å².